The van der Waals surface area contributed by atoms with Crippen LogP contribution in [-0.2, 0) is 11.3 Å². The van der Waals surface area contributed by atoms with Gasteiger partial charge in [-0.15, -0.1) is 0 Å². The Labute approximate surface area is 80.5 Å². The van der Waals surface area contributed by atoms with Gasteiger partial charge >= 0.3 is 0 Å². The van der Waals surface area contributed by atoms with Gasteiger partial charge in [0, 0.05) is 5.56 Å². The predicted molar refractivity (Wildman–Crippen MR) is 47.7 cm³/mol. The van der Waals surface area contributed by atoms with Gasteiger partial charge in [0.1, 0.15) is 5.82 Å². The smallest absolute Gasteiger partial charge is 0.211 e. The molecule has 0 spiro atoms. The van der Waals surface area contributed by atoms with Gasteiger partial charge in [0.2, 0.25) is 6.08 Å². The van der Waals surface area contributed by atoms with Crippen LogP contribution >= 0.6 is 0 Å². The summed E-state index contributed by atoms with van der Waals surface area (Å²) >= 11 is 0. The fourth-order valence-corrected chi connectivity index (χ4v) is 1.10. The second-order valence-corrected chi connectivity index (χ2v) is 2.78. The average molecular weight is 190 g/mol. The third kappa shape index (κ3) is 2.03. The molecule has 4 heteroatoms. The number of nitriles is 1. The van der Waals surface area contributed by atoms with Crippen molar-refractivity contribution in [3.8, 4) is 6.07 Å². The zero-order valence-electron chi connectivity index (χ0n) is 7.54. The van der Waals surface area contributed by atoms with Gasteiger partial charge < -0.3 is 0 Å². The number of carbonyl (C=O) groups excluding carboxylic acids is 1. The number of aryl methyl sites for hydroxylation is 1. The van der Waals surface area contributed by atoms with Crippen LogP contribution in [0.15, 0.2) is 17.1 Å². The van der Waals surface area contributed by atoms with E-state index in [-0.39, 0.29) is 6.54 Å². The minimum atomic E-state index is -0.522. The average Bonchev–Trinajstić information content (AvgIpc) is 2.18. The highest BCUT2D eigenvalue weighted by Gasteiger charge is 2.06. The fraction of sp³-hybridized carbons (Fsp3) is 0.200. The molecule has 0 saturated carbocycles. The number of halogens is 1. The Bertz CT molecular complexity index is 442. The lowest BCUT2D eigenvalue weighted by Gasteiger charge is -2.02. The first kappa shape index (κ1) is 10.1. The molecule has 0 aliphatic carbocycles. The Morgan fingerprint density at radius 2 is 2.29 bits per heavy atom. The van der Waals surface area contributed by atoms with Crippen molar-refractivity contribution < 1.29 is 9.18 Å². The first-order valence-corrected chi connectivity index (χ1v) is 3.91. The molecule has 0 aliphatic heterocycles. The molecule has 0 atom stereocenters. The largest absolute Gasteiger partial charge is 0.235 e. The molecule has 1 rings (SSSR count). The van der Waals surface area contributed by atoms with Crippen LogP contribution in [0.1, 0.15) is 16.7 Å². The Kier molecular flexibility index (Phi) is 3.11. The van der Waals surface area contributed by atoms with Gasteiger partial charge in [0.25, 0.3) is 0 Å². The molecule has 1 aromatic carbocycles. The molecular formula is C10H7FN2O. The number of hydrogen-bond acceptors (Lipinski definition) is 3. The number of aliphatic imine (C=N–C) groups is 1. The van der Waals surface area contributed by atoms with E-state index in [1.807, 2.05) is 6.07 Å². The number of rotatable bonds is 2. The van der Waals surface area contributed by atoms with E-state index in [0.717, 1.165) is 6.07 Å². The van der Waals surface area contributed by atoms with Gasteiger partial charge in [-0.3, -0.25) is 0 Å². The lowest BCUT2D eigenvalue weighted by molar-refractivity contribution is 0.561. The molecule has 0 heterocycles. The highest BCUT2D eigenvalue weighted by atomic mass is 19.1. The van der Waals surface area contributed by atoms with Gasteiger partial charge in [-0.25, -0.2) is 14.2 Å². The zero-order valence-corrected chi connectivity index (χ0v) is 7.54. The summed E-state index contributed by atoms with van der Waals surface area (Å²) < 4.78 is 13.2. The first-order chi connectivity index (χ1) is 6.69. The van der Waals surface area contributed by atoms with Crippen LogP contribution < -0.4 is 0 Å². The monoisotopic (exact) mass is 190 g/mol. The molecule has 0 amide bonds. The van der Waals surface area contributed by atoms with E-state index in [1.54, 1.807) is 6.92 Å². The summed E-state index contributed by atoms with van der Waals surface area (Å²) in [6, 6.07) is 4.52. The maximum absolute atomic E-state index is 13.2. The second kappa shape index (κ2) is 4.31. The van der Waals surface area contributed by atoms with Crippen LogP contribution in [0.5, 0.6) is 0 Å². The number of benzene rings is 1. The lowest BCUT2D eigenvalue weighted by atomic mass is 10.1. The van der Waals surface area contributed by atoms with E-state index in [1.165, 1.54) is 12.1 Å². The minimum Gasteiger partial charge on any atom is -0.211 e. The molecule has 0 bridgehead atoms. The molecule has 14 heavy (non-hydrogen) atoms. The summed E-state index contributed by atoms with van der Waals surface area (Å²) in [7, 11) is 0. The SMILES string of the molecule is Cc1cc(CN=C=O)c(F)cc1C#N. The second-order valence-electron chi connectivity index (χ2n) is 2.78. The van der Waals surface area contributed by atoms with Crippen LogP contribution in [0.3, 0.4) is 0 Å². The number of isocyanates is 1. The van der Waals surface area contributed by atoms with Crippen LogP contribution in [-0.4, -0.2) is 6.08 Å². The molecule has 3 nitrogen and oxygen atoms in total. The summed E-state index contributed by atoms with van der Waals surface area (Å²) in [5.74, 6) is -0.522. The quantitative estimate of drug-likeness (QED) is 0.527. The Hall–Kier alpha value is -1.98. The minimum absolute atomic E-state index is 0.0398. The van der Waals surface area contributed by atoms with Crippen molar-refractivity contribution in [1.82, 2.24) is 0 Å². The van der Waals surface area contributed by atoms with Crippen molar-refractivity contribution >= 4 is 6.08 Å². The van der Waals surface area contributed by atoms with Crippen LogP contribution in [0, 0.1) is 24.1 Å². The predicted octanol–water partition coefficient (Wildman–Crippen LogP) is 1.84. The lowest BCUT2D eigenvalue weighted by Crippen LogP contribution is -1.93. The van der Waals surface area contributed by atoms with Crippen molar-refractivity contribution in [3.05, 3.63) is 34.6 Å². The molecule has 0 radical (unpaired) electrons. The summed E-state index contributed by atoms with van der Waals surface area (Å²) in [6.45, 7) is 1.66. The topological polar surface area (TPSA) is 53.2 Å². The van der Waals surface area contributed by atoms with Crippen molar-refractivity contribution in [2.75, 3.05) is 0 Å². The summed E-state index contributed by atoms with van der Waals surface area (Å²) in [5, 5.41) is 8.61. The number of hydrogen-bond donors (Lipinski definition) is 0. The van der Waals surface area contributed by atoms with Crippen LogP contribution in [0.2, 0.25) is 0 Å². The molecule has 70 valence electrons. The molecule has 0 aromatic heterocycles. The van der Waals surface area contributed by atoms with Gasteiger partial charge in [0.15, 0.2) is 0 Å². The summed E-state index contributed by atoms with van der Waals surface area (Å²) in [5.41, 5.74) is 1.26. The van der Waals surface area contributed by atoms with E-state index in [2.05, 4.69) is 4.99 Å². The molecule has 0 saturated heterocycles. The molecule has 0 N–H and O–H groups in total. The van der Waals surface area contributed by atoms with Gasteiger partial charge in [0.05, 0.1) is 18.2 Å². The van der Waals surface area contributed by atoms with E-state index >= 15 is 0 Å². The summed E-state index contributed by atoms with van der Waals surface area (Å²) in [6.07, 6.45) is 1.33. The van der Waals surface area contributed by atoms with Crippen LogP contribution in [0.4, 0.5) is 4.39 Å². The fourth-order valence-electron chi connectivity index (χ4n) is 1.10. The molecule has 0 unspecified atom stereocenters. The summed E-state index contributed by atoms with van der Waals surface area (Å²) in [4.78, 5) is 13.1. The Morgan fingerprint density at radius 3 is 2.86 bits per heavy atom. The van der Waals surface area contributed by atoms with Crippen molar-refractivity contribution in [1.29, 1.82) is 5.26 Å². The third-order valence-electron chi connectivity index (χ3n) is 1.83. The van der Waals surface area contributed by atoms with Gasteiger partial charge in [-0.1, -0.05) is 0 Å². The van der Waals surface area contributed by atoms with E-state index < -0.39 is 5.82 Å². The standard InChI is InChI=1S/C10H7FN2O/c1-7-2-9(5-13-6-14)10(11)3-8(7)4-12/h2-3H,5H2,1H3. The number of nitrogens with zero attached hydrogens (tertiary/aromatic N) is 2. The normalized spacial score (nSPS) is 8.93. The first-order valence-electron chi connectivity index (χ1n) is 3.91. The van der Waals surface area contributed by atoms with Crippen molar-refractivity contribution in [2.24, 2.45) is 4.99 Å². The zero-order chi connectivity index (χ0) is 10.6. The van der Waals surface area contributed by atoms with Gasteiger partial charge in [-0.05, 0) is 24.6 Å². The highest BCUT2D eigenvalue weighted by molar-refractivity contribution is 5.41. The highest BCUT2D eigenvalue weighted by Crippen LogP contribution is 2.15. The molecule has 0 fully saturated rings. The van der Waals surface area contributed by atoms with E-state index in [9.17, 15) is 9.18 Å². The Morgan fingerprint density at radius 1 is 1.57 bits per heavy atom. The molecular weight excluding hydrogens is 183 g/mol. The van der Waals surface area contributed by atoms with Crippen molar-refractivity contribution in [3.63, 3.8) is 0 Å². The van der Waals surface area contributed by atoms with E-state index in [0.29, 0.717) is 16.7 Å². The van der Waals surface area contributed by atoms with E-state index in [4.69, 9.17) is 5.26 Å². The molecule has 0 aliphatic rings. The van der Waals surface area contributed by atoms with Crippen molar-refractivity contribution in [2.45, 2.75) is 13.5 Å². The van der Waals surface area contributed by atoms with Crippen LogP contribution in [0.25, 0.3) is 0 Å². The maximum atomic E-state index is 13.2. The Balaban J connectivity index is 3.16. The molecule has 1 aromatic rings. The maximum Gasteiger partial charge on any atom is 0.235 e. The van der Waals surface area contributed by atoms with Gasteiger partial charge in [-0.2, -0.15) is 5.26 Å². The third-order valence-corrected chi connectivity index (χ3v) is 1.83.